The number of aliphatic imine (C=N–C) groups is 1. The van der Waals surface area contributed by atoms with Crippen molar-refractivity contribution in [1.82, 2.24) is 20.5 Å². The lowest BCUT2D eigenvalue weighted by atomic mass is 10.2. The van der Waals surface area contributed by atoms with Crippen LogP contribution in [0.25, 0.3) is 10.1 Å². The number of carbonyl (C=O) groups is 1. The minimum atomic E-state index is -1.08. The van der Waals surface area contributed by atoms with Crippen LogP contribution in [-0.2, 0) is 17.8 Å². The monoisotopic (exact) mass is 491 g/mol. The number of hydrogen-bond acceptors (Lipinski definition) is 7. The van der Waals surface area contributed by atoms with E-state index in [4.69, 9.17) is 23.2 Å². The van der Waals surface area contributed by atoms with Crippen LogP contribution in [0.4, 0.5) is 0 Å². The van der Waals surface area contributed by atoms with Gasteiger partial charge in [0, 0.05) is 41.1 Å². The van der Waals surface area contributed by atoms with E-state index in [1.807, 2.05) is 41.8 Å². The summed E-state index contributed by atoms with van der Waals surface area (Å²) in [5.74, 6) is 0.176. The minimum Gasteiger partial charge on any atom is -0.371 e. The summed E-state index contributed by atoms with van der Waals surface area (Å²) in [6.45, 7) is 1.18. The van der Waals surface area contributed by atoms with Crippen LogP contribution in [0.15, 0.2) is 53.0 Å². The van der Waals surface area contributed by atoms with E-state index in [2.05, 4.69) is 20.6 Å². The van der Waals surface area contributed by atoms with Crippen LogP contribution >= 0.6 is 34.5 Å². The molecule has 0 spiro atoms. The number of aromatic nitrogens is 1. The summed E-state index contributed by atoms with van der Waals surface area (Å²) in [5, 5.41) is 20.5. The van der Waals surface area contributed by atoms with Gasteiger partial charge in [0.15, 0.2) is 6.23 Å². The van der Waals surface area contributed by atoms with Crippen LogP contribution < -0.4 is 10.6 Å². The highest BCUT2D eigenvalue weighted by atomic mass is 35.5. The number of benzene rings is 1. The highest BCUT2D eigenvalue weighted by Gasteiger charge is 2.32. The summed E-state index contributed by atoms with van der Waals surface area (Å²) < 4.78 is 1.11. The third-order valence-electron chi connectivity index (χ3n) is 5.16. The first-order chi connectivity index (χ1) is 15.5. The largest absolute Gasteiger partial charge is 0.371 e. The van der Waals surface area contributed by atoms with Gasteiger partial charge in [-0.1, -0.05) is 17.7 Å². The fourth-order valence-corrected chi connectivity index (χ4v) is 4.83. The lowest BCUT2D eigenvalue weighted by molar-refractivity contribution is -0.124. The average Bonchev–Trinajstić information content (AvgIpc) is 3.19. The van der Waals surface area contributed by atoms with Crippen LogP contribution in [-0.4, -0.2) is 58.1 Å². The molecule has 32 heavy (non-hydrogen) atoms. The van der Waals surface area contributed by atoms with Gasteiger partial charge in [-0.05, 0) is 46.7 Å². The Morgan fingerprint density at radius 3 is 3.00 bits per heavy atom. The predicted molar refractivity (Wildman–Crippen MR) is 129 cm³/mol. The summed E-state index contributed by atoms with van der Waals surface area (Å²) in [6.07, 6.45) is 1.35. The molecule has 0 bridgehead atoms. The number of aliphatic hydroxyl groups is 1. The third kappa shape index (κ3) is 5.57. The van der Waals surface area contributed by atoms with Crippen molar-refractivity contribution in [3.05, 3.63) is 64.3 Å². The summed E-state index contributed by atoms with van der Waals surface area (Å²) in [7, 11) is 0. The van der Waals surface area contributed by atoms with Gasteiger partial charge in [0.2, 0.25) is 5.91 Å². The molecule has 4 rings (SSSR count). The molecule has 3 N–H and O–H groups in total. The zero-order chi connectivity index (χ0) is 22.5. The van der Waals surface area contributed by atoms with Crippen molar-refractivity contribution < 1.29 is 9.90 Å². The van der Waals surface area contributed by atoms with Gasteiger partial charge >= 0.3 is 0 Å². The Balaban J connectivity index is 1.30. The van der Waals surface area contributed by atoms with Crippen LogP contribution in [0.5, 0.6) is 0 Å². The molecule has 168 valence electrons. The standard InChI is InChI=1S/C22H23Cl2N5O2S/c23-15-4-5-18-17(9-15)14(13-32-18)10-27-20(30)12-29-19(24)11-28-21(22(29)31)26-8-6-16-3-1-2-7-25-16/h1-5,7,9,13,19,22,31H,6,8,10-12H2,(H,26,28)(H,27,30). The smallest absolute Gasteiger partial charge is 0.234 e. The molecule has 0 aliphatic carbocycles. The third-order valence-corrected chi connectivity index (χ3v) is 6.80. The first-order valence-electron chi connectivity index (χ1n) is 10.2. The van der Waals surface area contributed by atoms with Gasteiger partial charge < -0.3 is 15.7 Å². The molecule has 2 atom stereocenters. The molecule has 1 aliphatic heterocycles. The number of pyridine rings is 1. The summed E-state index contributed by atoms with van der Waals surface area (Å²) >= 11 is 14.1. The van der Waals surface area contributed by atoms with Gasteiger partial charge in [-0.25, -0.2) is 4.90 Å². The number of alkyl halides is 1. The van der Waals surface area contributed by atoms with Crippen LogP contribution in [0.2, 0.25) is 5.02 Å². The Labute approximate surface area is 200 Å². The maximum absolute atomic E-state index is 12.6. The first-order valence-corrected chi connectivity index (χ1v) is 11.9. The van der Waals surface area contributed by atoms with Gasteiger partial charge in [0.25, 0.3) is 0 Å². The van der Waals surface area contributed by atoms with Crippen molar-refractivity contribution in [1.29, 1.82) is 0 Å². The Morgan fingerprint density at radius 1 is 1.31 bits per heavy atom. The quantitative estimate of drug-likeness (QED) is 0.349. The molecule has 3 aromatic rings. The summed E-state index contributed by atoms with van der Waals surface area (Å²) in [5.41, 5.74) is 1.37. The van der Waals surface area contributed by atoms with Crippen molar-refractivity contribution in [2.75, 3.05) is 19.6 Å². The molecule has 7 nitrogen and oxygen atoms in total. The van der Waals surface area contributed by atoms with Crippen molar-refractivity contribution >= 4 is 56.4 Å². The van der Waals surface area contributed by atoms with Crippen molar-refractivity contribution in [2.24, 2.45) is 4.99 Å². The number of halogens is 2. The van der Waals surface area contributed by atoms with Crippen LogP contribution in [0, 0.1) is 0 Å². The number of nitrogens with zero attached hydrogens (tertiary/aromatic N) is 3. The van der Waals surface area contributed by atoms with E-state index in [1.54, 1.807) is 17.5 Å². The van der Waals surface area contributed by atoms with Gasteiger partial charge in [0.1, 0.15) is 11.3 Å². The van der Waals surface area contributed by atoms with Crippen molar-refractivity contribution in [3.8, 4) is 0 Å². The number of thiophene rings is 1. The molecular weight excluding hydrogens is 469 g/mol. The second-order valence-corrected chi connectivity index (χ2v) is 9.23. The molecule has 2 unspecified atom stereocenters. The number of rotatable bonds is 7. The maximum atomic E-state index is 12.6. The summed E-state index contributed by atoms with van der Waals surface area (Å²) in [4.78, 5) is 22.7. The van der Waals surface area contributed by atoms with E-state index in [0.29, 0.717) is 30.4 Å². The fraction of sp³-hybridized carbons (Fsp3) is 0.318. The second-order valence-electron chi connectivity index (χ2n) is 7.38. The molecule has 10 heteroatoms. The molecule has 0 fully saturated rings. The van der Waals surface area contributed by atoms with E-state index in [9.17, 15) is 9.90 Å². The lowest BCUT2D eigenvalue weighted by Gasteiger charge is -2.35. The number of hydrogen-bond donors (Lipinski definition) is 3. The van der Waals surface area contributed by atoms with Crippen LogP contribution in [0.3, 0.4) is 0 Å². The second kappa shape index (κ2) is 10.6. The lowest BCUT2D eigenvalue weighted by Crippen LogP contribution is -2.56. The number of amidine groups is 1. The zero-order valence-electron chi connectivity index (χ0n) is 17.2. The number of nitrogens with one attached hydrogen (secondary N) is 2. The molecule has 0 radical (unpaired) electrons. The predicted octanol–water partition coefficient (Wildman–Crippen LogP) is 3.00. The Kier molecular flexibility index (Phi) is 7.59. The molecule has 0 saturated carbocycles. The average molecular weight is 492 g/mol. The zero-order valence-corrected chi connectivity index (χ0v) is 19.5. The van der Waals surface area contributed by atoms with E-state index < -0.39 is 11.7 Å². The van der Waals surface area contributed by atoms with E-state index >= 15 is 0 Å². The first kappa shape index (κ1) is 22.9. The SMILES string of the molecule is O=C(CN1C(Cl)CN=C(NCCc2ccccn2)C1O)NCc1csc2ccc(Cl)cc12. The number of fused-ring (bicyclic) bond motifs is 1. The Bertz CT molecular complexity index is 1110. The molecule has 2 aromatic heterocycles. The molecule has 0 saturated heterocycles. The molecular formula is C22H23Cl2N5O2S. The molecule has 1 amide bonds. The van der Waals surface area contributed by atoms with Gasteiger partial charge in [-0.15, -0.1) is 22.9 Å². The fourth-order valence-electron chi connectivity index (χ4n) is 3.47. The van der Waals surface area contributed by atoms with Crippen LogP contribution in [0.1, 0.15) is 11.3 Å². The Morgan fingerprint density at radius 2 is 2.19 bits per heavy atom. The van der Waals surface area contributed by atoms with E-state index in [1.165, 1.54) is 4.90 Å². The highest BCUT2D eigenvalue weighted by Crippen LogP contribution is 2.28. The minimum absolute atomic E-state index is 0.0426. The van der Waals surface area contributed by atoms with Gasteiger partial charge in [-0.2, -0.15) is 0 Å². The topological polar surface area (TPSA) is 89.9 Å². The van der Waals surface area contributed by atoms with E-state index in [0.717, 1.165) is 21.3 Å². The Hall–Kier alpha value is -2.23. The number of aliphatic hydroxyl groups excluding tert-OH is 1. The maximum Gasteiger partial charge on any atom is 0.234 e. The summed E-state index contributed by atoms with van der Waals surface area (Å²) in [6, 6.07) is 11.5. The molecule has 1 aromatic carbocycles. The van der Waals surface area contributed by atoms with Gasteiger partial charge in [0.05, 0.1) is 13.1 Å². The number of carbonyl (C=O) groups excluding carboxylic acids is 1. The van der Waals surface area contributed by atoms with E-state index in [-0.39, 0.29) is 19.0 Å². The number of amides is 1. The van der Waals surface area contributed by atoms with Crippen molar-refractivity contribution in [3.63, 3.8) is 0 Å². The molecule has 3 heterocycles. The highest BCUT2D eigenvalue weighted by molar-refractivity contribution is 7.17. The van der Waals surface area contributed by atoms with Gasteiger partial charge in [-0.3, -0.25) is 14.8 Å². The normalized spacial score (nSPS) is 19.0. The van der Waals surface area contributed by atoms with Crippen molar-refractivity contribution in [2.45, 2.75) is 24.7 Å². The molecule has 1 aliphatic rings.